The lowest BCUT2D eigenvalue weighted by atomic mass is 10.1. The number of nitrogens with zero attached hydrogens (tertiary/aromatic N) is 4. The smallest absolute Gasteiger partial charge is 0.224 e. The average molecular weight is 327 g/mol. The van der Waals surface area contributed by atoms with Crippen molar-refractivity contribution in [3.05, 3.63) is 53.7 Å². The maximum absolute atomic E-state index is 13.0. The molecule has 24 heavy (non-hydrogen) atoms. The number of aryl methyl sites for hydroxylation is 1. The molecule has 0 unspecified atom stereocenters. The summed E-state index contributed by atoms with van der Waals surface area (Å²) in [6.45, 7) is 2.37. The number of hydrogen-bond donors (Lipinski definition) is 1. The van der Waals surface area contributed by atoms with Gasteiger partial charge in [0, 0.05) is 37.5 Å². The van der Waals surface area contributed by atoms with E-state index in [0.717, 1.165) is 16.9 Å². The first kappa shape index (κ1) is 15.9. The molecule has 6 nitrogen and oxygen atoms in total. The number of nitrogens with one attached hydrogen (secondary N) is 1. The number of halogens is 1. The van der Waals surface area contributed by atoms with Crippen molar-refractivity contribution >= 4 is 11.8 Å². The minimum atomic E-state index is -0.280. The monoisotopic (exact) mass is 327 g/mol. The highest BCUT2D eigenvalue weighted by atomic mass is 19.1. The summed E-state index contributed by atoms with van der Waals surface area (Å²) in [5.74, 6) is 1.74. The molecule has 0 atom stereocenters. The molecule has 1 aromatic carbocycles. The fraction of sp³-hybridized carbons (Fsp3) is 0.235. The summed E-state index contributed by atoms with van der Waals surface area (Å²) in [4.78, 5) is 10.7. The van der Waals surface area contributed by atoms with Gasteiger partial charge in [-0.2, -0.15) is 4.98 Å². The molecule has 3 aromatic rings. The first-order valence-electron chi connectivity index (χ1n) is 7.49. The van der Waals surface area contributed by atoms with Crippen LogP contribution in [0.4, 0.5) is 16.2 Å². The van der Waals surface area contributed by atoms with Crippen LogP contribution in [-0.4, -0.2) is 29.2 Å². The Balaban J connectivity index is 1.69. The molecule has 1 N–H and O–H groups in total. The molecule has 0 aliphatic heterocycles. The zero-order chi connectivity index (χ0) is 17.1. The van der Waals surface area contributed by atoms with Crippen molar-refractivity contribution in [2.45, 2.75) is 13.5 Å². The molecule has 2 aromatic heterocycles. The van der Waals surface area contributed by atoms with Crippen LogP contribution in [-0.2, 0) is 6.54 Å². The van der Waals surface area contributed by atoms with Crippen LogP contribution >= 0.6 is 0 Å². The van der Waals surface area contributed by atoms with Crippen LogP contribution < -0.4 is 10.2 Å². The van der Waals surface area contributed by atoms with Crippen LogP contribution in [0.1, 0.15) is 11.3 Å². The largest absolute Gasteiger partial charge is 0.362 e. The van der Waals surface area contributed by atoms with Gasteiger partial charge in [-0.05, 0) is 31.2 Å². The zero-order valence-electron chi connectivity index (χ0n) is 13.7. The van der Waals surface area contributed by atoms with E-state index in [1.807, 2.05) is 25.9 Å². The lowest BCUT2D eigenvalue weighted by Gasteiger charge is -2.14. The molecule has 0 spiro atoms. The second-order valence-corrected chi connectivity index (χ2v) is 5.63. The Bertz CT molecular complexity index is 829. The standard InChI is InChI=1S/C17H18FN5O/c1-11-9-19-17(21-16(11)23(2)3)20-10-14-8-15(22-24-14)12-4-6-13(18)7-5-12/h4-9H,10H2,1-3H3,(H,19,20,21). The van der Waals surface area contributed by atoms with E-state index in [-0.39, 0.29) is 5.82 Å². The van der Waals surface area contributed by atoms with E-state index in [9.17, 15) is 4.39 Å². The molecule has 3 rings (SSSR count). The van der Waals surface area contributed by atoms with Gasteiger partial charge in [0.2, 0.25) is 5.95 Å². The summed E-state index contributed by atoms with van der Waals surface area (Å²) in [6, 6.07) is 7.92. The van der Waals surface area contributed by atoms with E-state index in [1.54, 1.807) is 24.4 Å². The summed E-state index contributed by atoms with van der Waals surface area (Å²) in [5.41, 5.74) is 2.46. The summed E-state index contributed by atoms with van der Waals surface area (Å²) in [7, 11) is 3.87. The van der Waals surface area contributed by atoms with Crippen molar-refractivity contribution in [1.29, 1.82) is 0 Å². The maximum Gasteiger partial charge on any atom is 0.224 e. The number of aromatic nitrogens is 3. The minimum absolute atomic E-state index is 0.280. The number of hydrogen-bond acceptors (Lipinski definition) is 6. The molecule has 0 radical (unpaired) electrons. The van der Waals surface area contributed by atoms with Crippen molar-refractivity contribution in [1.82, 2.24) is 15.1 Å². The lowest BCUT2D eigenvalue weighted by molar-refractivity contribution is 0.390. The molecular weight excluding hydrogens is 309 g/mol. The summed E-state index contributed by atoms with van der Waals surface area (Å²) in [6.07, 6.45) is 1.77. The first-order chi connectivity index (χ1) is 11.5. The Morgan fingerprint density at radius 2 is 1.96 bits per heavy atom. The van der Waals surface area contributed by atoms with Crippen molar-refractivity contribution in [2.24, 2.45) is 0 Å². The van der Waals surface area contributed by atoms with Gasteiger partial charge < -0.3 is 14.7 Å². The Hall–Kier alpha value is -2.96. The third-order valence-electron chi connectivity index (χ3n) is 3.49. The SMILES string of the molecule is Cc1cnc(NCc2cc(-c3ccc(F)cc3)no2)nc1N(C)C. The van der Waals surface area contributed by atoms with Gasteiger partial charge in [0.1, 0.15) is 17.3 Å². The van der Waals surface area contributed by atoms with Gasteiger partial charge in [0.15, 0.2) is 5.76 Å². The van der Waals surface area contributed by atoms with E-state index in [2.05, 4.69) is 20.4 Å². The van der Waals surface area contributed by atoms with Gasteiger partial charge in [-0.3, -0.25) is 0 Å². The van der Waals surface area contributed by atoms with Crippen molar-refractivity contribution in [2.75, 3.05) is 24.3 Å². The van der Waals surface area contributed by atoms with Crippen molar-refractivity contribution in [3.8, 4) is 11.3 Å². The van der Waals surface area contributed by atoms with E-state index >= 15 is 0 Å². The Morgan fingerprint density at radius 3 is 2.67 bits per heavy atom. The van der Waals surface area contributed by atoms with Crippen molar-refractivity contribution < 1.29 is 8.91 Å². The third kappa shape index (κ3) is 3.51. The van der Waals surface area contributed by atoms with E-state index < -0.39 is 0 Å². The van der Waals surface area contributed by atoms with Gasteiger partial charge in [0.05, 0.1) is 6.54 Å². The maximum atomic E-state index is 13.0. The topological polar surface area (TPSA) is 67.1 Å². The fourth-order valence-corrected chi connectivity index (χ4v) is 2.29. The highest BCUT2D eigenvalue weighted by Gasteiger charge is 2.09. The molecule has 0 bridgehead atoms. The molecule has 0 fully saturated rings. The molecule has 0 amide bonds. The predicted molar refractivity (Wildman–Crippen MR) is 90.3 cm³/mol. The normalized spacial score (nSPS) is 10.7. The molecule has 2 heterocycles. The van der Waals surface area contributed by atoms with Crippen LogP contribution in [0.3, 0.4) is 0 Å². The van der Waals surface area contributed by atoms with Crippen LogP contribution in [0.25, 0.3) is 11.3 Å². The van der Waals surface area contributed by atoms with Crippen molar-refractivity contribution in [3.63, 3.8) is 0 Å². The predicted octanol–water partition coefficient (Wildman–Crippen LogP) is 3.26. The van der Waals surface area contributed by atoms with Gasteiger partial charge in [-0.15, -0.1) is 0 Å². The number of rotatable bonds is 5. The number of anilines is 2. The number of benzene rings is 1. The molecule has 0 saturated carbocycles. The average Bonchev–Trinajstić information content (AvgIpc) is 3.03. The second kappa shape index (κ2) is 6.66. The zero-order valence-corrected chi connectivity index (χ0v) is 13.7. The summed E-state index contributed by atoms with van der Waals surface area (Å²) >= 11 is 0. The van der Waals surface area contributed by atoms with Gasteiger partial charge in [-0.25, -0.2) is 9.37 Å². The van der Waals surface area contributed by atoms with Gasteiger partial charge >= 0.3 is 0 Å². The summed E-state index contributed by atoms with van der Waals surface area (Å²) in [5, 5.41) is 7.12. The first-order valence-corrected chi connectivity index (χ1v) is 7.49. The van der Waals surface area contributed by atoms with Crippen LogP contribution in [0.2, 0.25) is 0 Å². The fourth-order valence-electron chi connectivity index (χ4n) is 2.29. The molecule has 0 saturated heterocycles. The van der Waals surface area contributed by atoms with E-state index in [1.165, 1.54) is 12.1 Å². The molecule has 0 aliphatic carbocycles. The van der Waals surface area contributed by atoms with Crippen LogP contribution in [0, 0.1) is 12.7 Å². The van der Waals surface area contributed by atoms with E-state index in [4.69, 9.17) is 4.52 Å². The second-order valence-electron chi connectivity index (χ2n) is 5.63. The quantitative estimate of drug-likeness (QED) is 0.776. The summed E-state index contributed by atoms with van der Waals surface area (Å²) < 4.78 is 18.3. The molecular formula is C17H18FN5O. The Kier molecular flexibility index (Phi) is 4.41. The lowest BCUT2D eigenvalue weighted by Crippen LogP contribution is -2.14. The highest BCUT2D eigenvalue weighted by molar-refractivity contribution is 5.58. The third-order valence-corrected chi connectivity index (χ3v) is 3.49. The van der Waals surface area contributed by atoms with Crippen LogP contribution in [0.5, 0.6) is 0 Å². The molecule has 124 valence electrons. The Morgan fingerprint density at radius 1 is 1.21 bits per heavy atom. The van der Waals surface area contributed by atoms with E-state index in [0.29, 0.717) is 23.9 Å². The van der Waals surface area contributed by atoms with Crippen LogP contribution in [0.15, 0.2) is 41.1 Å². The van der Waals surface area contributed by atoms with Gasteiger partial charge in [0.25, 0.3) is 0 Å². The highest BCUT2D eigenvalue weighted by Crippen LogP contribution is 2.20. The minimum Gasteiger partial charge on any atom is -0.362 e. The molecule has 0 aliphatic rings. The van der Waals surface area contributed by atoms with Gasteiger partial charge in [-0.1, -0.05) is 5.16 Å². The molecule has 7 heteroatoms. The Labute approximate surface area is 139 Å².